The average Bonchev–Trinajstić information content (AvgIpc) is 2.15. The Hall–Kier alpha value is -2.32. The minimum atomic E-state index is -3.17. The fourth-order valence-electron chi connectivity index (χ4n) is 0.988. The average molecular weight is 233 g/mol. The maximum Gasteiger partial charge on any atom is 0.304 e. The lowest BCUT2D eigenvalue weighted by atomic mass is 10.2. The van der Waals surface area contributed by atoms with Crippen LogP contribution in [0.4, 0.5) is 14.5 Å². The first-order valence-corrected chi connectivity index (χ1v) is 3.80. The van der Waals surface area contributed by atoms with Gasteiger partial charge in [-0.2, -0.15) is 0 Å². The van der Waals surface area contributed by atoms with E-state index >= 15 is 0 Å². The van der Waals surface area contributed by atoms with Crippen molar-refractivity contribution in [2.24, 2.45) is 5.73 Å². The highest BCUT2D eigenvalue weighted by atomic mass is 19.3. The summed E-state index contributed by atoms with van der Waals surface area (Å²) in [5.74, 6) is -2.39. The van der Waals surface area contributed by atoms with Crippen LogP contribution in [0, 0.1) is 10.1 Å². The number of pyridine rings is 1. The van der Waals surface area contributed by atoms with Crippen LogP contribution in [-0.4, -0.2) is 20.9 Å². The Morgan fingerprint density at radius 2 is 2.19 bits per heavy atom. The van der Waals surface area contributed by atoms with Gasteiger partial charge in [-0.1, -0.05) is 0 Å². The van der Waals surface area contributed by atoms with E-state index in [-0.39, 0.29) is 0 Å². The third kappa shape index (κ3) is 2.02. The summed E-state index contributed by atoms with van der Waals surface area (Å²) in [5, 5.41) is 19.4. The highest BCUT2D eigenvalue weighted by molar-refractivity contribution is 5.95. The third-order valence-corrected chi connectivity index (χ3v) is 1.65. The molecule has 0 saturated heterocycles. The summed E-state index contributed by atoms with van der Waals surface area (Å²) in [4.78, 5) is 23.1. The molecule has 3 N–H and O–H groups in total. The Morgan fingerprint density at radius 3 is 2.56 bits per heavy atom. The molecule has 1 heterocycles. The van der Waals surface area contributed by atoms with E-state index in [0.29, 0.717) is 6.07 Å². The molecule has 0 radical (unpaired) electrons. The standard InChI is InChI=1S/C7H5F2N3O4/c8-6(9)5-3(13)1-2(12(15)16)4(11-5)7(10)14/h1,6,13H,(H2,10,14). The molecule has 0 saturated carbocycles. The van der Waals surface area contributed by atoms with Gasteiger partial charge in [-0.3, -0.25) is 14.9 Å². The van der Waals surface area contributed by atoms with Gasteiger partial charge in [0.2, 0.25) is 5.69 Å². The lowest BCUT2D eigenvalue weighted by Crippen LogP contribution is -2.16. The molecule has 0 aliphatic rings. The highest BCUT2D eigenvalue weighted by Crippen LogP contribution is 2.31. The summed E-state index contributed by atoms with van der Waals surface area (Å²) in [6, 6.07) is 0.411. The molecule has 0 fully saturated rings. The molecule has 1 aromatic heterocycles. The zero-order chi connectivity index (χ0) is 12.5. The van der Waals surface area contributed by atoms with Crippen molar-refractivity contribution in [2.45, 2.75) is 6.43 Å². The number of rotatable bonds is 3. The van der Waals surface area contributed by atoms with Crippen molar-refractivity contribution in [3.8, 4) is 5.75 Å². The van der Waals surface area contributed by atoms with E-state index in [1.54, 1.807) is 0 Å². The van der Waals surface area contributed by atoms with Crippen LogP contribution in [-0.2, 0) is 0 Å². The molecule has 16 heavy (non-hydrogen) atoms. The molecule has 0 unspecified atom stereocenters. The number of nitro groups is 1. The number of hydrogen-bond donors (Lipinski definition) is 2. The van der Waals surface area contributed by atoms with Crippen molar-refractivity contribution in [2.75, 3.05) is 0 Å². The van der Waals surface area contributed by atoms with Crippen molar-refractivity contribution in [1.82, 2.24) is 4.98 Å². The molecule has 0 aromatic carbocycles. The molecule has 86 valence electrons. The Morgan fingerprint density at radius 1 is 1.62 bits per heavy atom. The quantitative estimate of drug-likeness (QED) is 0.589. The van der Waals surface area contributed by atoms with Gasteiger partial charge in [-0.25, -0.2) is 13.8 Å². The Labute approximate surface area is 86.7 Å². The van der Waals surface area contributed by atoms with Crippen LogP contribution in [0.2, 0.25) is 0 Å². The lowest BCUT2D eigenvalue weighted by Gasteiger charge is -2.04. The van der Waals surface area contributed by atoms with Gasteiger partial charge in [0.15, 0.2) is 0 Å². The number of halogens is 2. The van der Waals surface area contributed by atoms with Crippen molar-refractivity contribution in [3.05, 3.63) is 27.6 Å². The largest absolute Gasteiger partial charge is 0.506 e. The Kier molecular flexibility index (Phi) is 2.97. The van der Waals surface area contributed by atoms with E-state index in [2.05, 4.69) is 4.98 Å². The topological polar surface area (TPSA) is 119 Å². The predicted octanol–water partition coefficient (Wildman–Crippen LogP) is 0.732. The van der Waals surface area contributed by atoms with Crippen molar-refractivity contribution in [1.29, 1.82) is 0 Å². The summed E-state index contributed by atoms with van der Waals surface area (Å²) in [6.45, 7) is 0. The van der Waals surface area contributed by atoms with Crippen molar-refractivity contribution < 1.29 is 23.6 Å². The number of primary amides is 1. The highest BCUT2D eigenvalue weighted by Gasteiger charge is 2.26. The van der Waals surface area contributed by atoms with Crippen LogP contribution in [0.3, 0.4) is 0 Å². The smallest absolute Gasteiger partial charge is 0.304 e. The van der Waals surface area contributed by atoms with E-state index in [4.69, 9.17) is 10.8 Å². The van der Waals surface area contributed by atoms with Crippen LogP contribution >= 0.6 is 0 Å². The second-order valence-electron chi connectivity index (χ2n) is 2.68. The minimum absolute atomic E-state index is 0.411. The van der Waals surface area contributed by atoms with E-state index in [1.807, 2.05) is 0 Å². The monoisotopic (exact) mass is 233 g/mol. The molecule has 7 nitrogen and oxygen atoms in total. The van der Waals surface area contributed by atoms with Crippen LogP contribution in [0.25, 0.3) is 0 Å². The summed E-state index contributed by atoms with van der Waals surface area (Å²) in [6.07, 6.45) is -3.17. The number of carbonyl (C=O) groups is 1. The van der Waals surface area contributed by atoms with E-state index in [0.717, 1.165) is 0 Å². The molecule has 0 aliphatic heterocycles. The molecule has 0 bridgehead atoms. The van der Waals surface area contributed by atoms with Gasteiger partial charge in [0.1, 0.15) is 11.4 Å². The number of nitrogens with zero attached hydrogens (tertiary/aromatic N) is 2. The van der Waals surface area contributed by atoms with Gasteiger partial charge >= 0.3 is 5.69 Å². The van der Waals surface area contributed by atoms with Gasteiger partial charge in [-0.05, 0) is 0 Å². The zero-order valence-corrected chi connectivity index (χ0v) is 7.55. The van der Waals surface area contributed by atoms with Crippen LogP contribution < -0.4 is 5.73 Å². The third-order valence-electron chi connectivity index (χ3n) is 1.65. The molecule has 0 spiro atoms. The van der Waals surface area contributed by atoms with E-state index < -0.39 is 40.1 Å². The summed E-state index contributed by atoms with van der Waals surface area (Å²) in [5.41, 5.74) is 1.77. The molecule has 1 aromatic rings. The Bertz CT molecular complexity index is 463. The zero-order valence-electron chi connectivity index (χ0n) is 7.55. The molecular formula is C7H5F2N3O4. The molecule has 0 aliphatic carbocycles. The maximum atomic E-state index is 12.3. The van der Waals surface area contributed by atoms with Crippen molar-refractivity contribution >= 4 is 11.6 Å². The van der Waals surface area contributed by atoms with Gasteiger partial charge < -0.3 is 10.8 Å². The minimum Gasteiger partial charge on any atom is -0.506 e. The number of nitrogens with two attached hydrogens (primary N) is 1. The van der Waals surface area contributed by atoms with Crippen LogP contribution in [0.15, 0.2) is 6.07 Å². The van der Waals surface area contributed by atoms with Crippen LogP contribution in [0.5, 0.6) is 5.75 Å². The number of aromatic hydroxyl groups is 1. The maximum absolute atomic E-state index is 12.3. The summed E-state index contributed by atoms with van der Waals surface area (Å²) < 4.78 is 24.5. The SMILES string of the molecule is NC(=O)c1nc(C(F)F)c(O)cc1[N+](=O)[O-]. The Balaban J connectivity index is 3.49. The normalized spacial score (nSPS) is 10.4. The predicted molar refractivity (Wildman–Crippen MR) is 46.0 cm³/mol. The summed E-state index contributed by atoms with van der Waals surface area (Å²) in [7, 11) is 0. The van der Waals surface area contributed by atoms with Gasteiger partial charge in [-0.15, -0.1) is 0 Å². The first kappa shape index (κ1) is 11.8. The number of alkyl halides is 2. The molecule has 0 atom stereocenters. The number of aromatic nitrogens is 1. The van der Waals surface area contributed by atoms with Crippen molar-refractivity contribution in [3.63, 3.8) is 0 Å². The molecular weight excluding hydrogens is 228 g/mol. The fraction of sp³-hybridized carbons (Fsp3) is 0.143. The number of hydrogen-bond acceptors (Lipinski definition) is 5. The first-order valence-electron chi connectivity index (χ1n) is 3.80. The lowest BCUT2D eigenvalue weighted by molar-refractivity contribution is -0.385. The second kappa shape index (κ2) is 4.04. The molecule has 1 rings (SSSR count). The fourth-order valence-corrected chi connectivity index (χ4v) is 0.988. The van der Waals surface area contributed by atoms with Gasteiger partial charge in [0.25, 0.3) is 12.3 Å². The second-order valence-corrected chi connectivity index (χ2v) is 2.68. The summed E-state index contributed by atoms with van der Waals surface area (Å²) >= 11 is 0. The molecule has 9 heteroatoms. The van der Waals surface area contributed by atoms with Gasteiger partial charge in [0, 0.05) is 0 Å². The van der Waals surface area contributed by atoms with E-state index in [9.17, 15) is 23.7 Å². The first-order chi connectivity index (χ1) is 7.34. The van der Waals surface area contributed by atoms with E-state index in [1.165, 1.54) is 0 Å². The van der Waals surface area contributed by atoms with Gasteiger partial charge in [0.05, 0.1) is 11.0 Å². The number of amides is 1. The van der Waals surface area contributed by atoms with Crippen LogP contribution in [0.1, 0.15) is 22.6 Å². The number of carbonyl (C=O) groups excluding carboxylic acids is 1. The molecule has 1 amide bonds.